The highest BCUT2D eigenvalue weighted by atomic mass is 32.1. The van der Waals surface area contributed by atoms with Gasteiger partial charge in [0.05, 0.1) is 0 Å². The van der Waals surface area contributed by atoms with Gasteiger partial charge in [0, 0.05) is 24.3 Å². The van der Waals surface area contributed by atoms with E-state index in [1.165, 1.54) is 4.90 Å². The Bertz CT molecular complexity index is 454. The van der Waals surface area contributed by atoms with Gasteiger partial charge >= 0.3 is 0 Å². The highest BCUT2D eigenvalue weighted by molar-refractivity contribution is 7.80. The molecule has 1 aliphatic heterocycles. The van der Waals surface area contributed by atoms with Crippen molar-refractivity contribution in [2.45, 2.75) is 19.8 Å². The van der Waals surface area contributed by atoms with Crippen LogP contribution in [0.1, 0.15) is 25.3 Å². The van der Waals surface area contributed by atoms with Crippen molar-refractivity contribution in [2.75, 3.05) is 12.3 Å². The number of benzene rings is 1. The van der Waals surface area contributed by atoms with Crippen LogP contribution in [0, 0.1) is 11.8 Å². The first-order valence-electron chi connectivity index (χ1n) is 6.57. The first-order valence-corrected chi connectivity index (χ1v) is 7.20. The molecule has 0 saturated carbocycles. The monoisotopic (exact) mass is 277 g/mol. The minimum absolute atomic E-state index is 0.0554. The average molecular weight is 277 g/mol. The molecule has 4 heteroatoms. The molecule has 1 aliphatic rings. The lowest BCUT2D eigenvalue weighted by Crippen LogP contribution is -2.35. The number of carbonyl (C=O) groups is 2. The summed E-state index contributed by atoms with van der Waals surface area (Å²) in [7, 11) is 0. The lowest BCUT2D eigenvalue weighted by Gasteiger charge is -2.22. The summed E-state index contributed by atoms with van der Waals surface area (Å²) in [6.07, 6.45) is 0. The zero-order chi connectivity index (χ0) is 14.0. The normalized spacial score (nSPS) is 24.9. The average Bonchev–Trinajstić information content (AvgIpc) is 2.62. The van der Waals surface area contributed by atoms with E-state index >= 15 is 0 Å². The summed E-state index contributed by atoms with van der Waals surface area (Å²) in [6.45, 7) is 4.08. The minimum Gasteiger partial charge on any atom is -0.281 e. The molecule has 102 valence electrons. The lowest BCUT2D eigenvalue weighted by molar-refractivity contribution is -0.140. The Balaban J connectivity index is 2.16. The fourth-order valence-corrected chi connectivity index (χ4v) is 2.75. The number of amides is 2. The summed E-state index contributed by atoms with van der Waals surface area (Å²) < 4.78 is 0. The van der Waals surface area contributed by atoms with Gasteiger partial charge in [0.15, 0.2) is 0 Å². The van der Waals surface area contributed by atoms with Crippen molar-refractivity contribution in [2.24, 2.45) is 11.8 Å². The van der Waals surface area contributed by atoms with Crippen molar-refractivity contribution in [3.05, 3.63) is 35.9 Å². The number of hydrogen-bond donors (Lipinski definition) is 1. The van der Waals surface area contributed by atoms with E-state index in [1.807, 2.05) is 44.2 Å². The van der Waals surface area contributed by atoms with Gasteiger partial charge in [-0.2, -0.15) is 12.6 Å². The second kappa shape index (κ2) is 5.78. The van der Waals surface area contributed by atoms with Crippen molar-refractivity contribution >= 4 is 24.4 Å². The number of thiol groups is 1. The van der Waals surface area contributed by atoms with E-state index in [1.54, 1.807) is 0 Å². The Kier molecular flexibility index (Phi) is 4.30. The van der Waals surface area contributed by atoms with Gasteiger partial charge in [0.25, 0.3) is 0 Å². The van der Waals surface area contributed by atoms with Crippen molar-refractivity contribution in [3.8, 4) is 0 Å². The molecular formula is C15H19NO2S. The van der Waals surface area contributed by atoms with Crippen LogP contribution in [-0.2, 0) is 9.59 Å². The van der Waals surface area contributed by atoms with E-state index < -0.39 is 0 Å². The van der Waals surface area contributed by atoms with Crippen LogP contribution in [0.3, 0.4) is 0 Å². The molecule has 0 spiro atoms. The maximum absolute atomic E-state index is 12.1. The standard InChI is InChI=1S/C15H19NO2S/c1-10-11(2)15(18)16(14(10)17)8-13(9-19)12-6-4-3-5-7-12/h3-7,10-11,13,19H,8-9H2,1-2H3. The maximum atomic E-state index is 12.1. The second-order valence-corrected chi connectivity index (χ2v) is 5.52. The topological polar surface area (TPSA) is 37.4 Å². The van der Waals surface area contributed by atoms with Crippen LogP contribution in [0.4, 0.5) is 0 Å². The third-order valence-corrected chi connectivity index (χ3v) is 4.40. The predicted octanol–water partition coefficient (Wildman–Crippen LogP) is 2.34. The molecule has 2 rings (SSSR count). The second-order valence-electron chi connectivity index (χ2n) is 5.15. The fourth-order valence-electron chi connectivity index (χ4n) is 2.42. The van der Waals surface area contributed by atoms with Crippen LogP contribution in [-0.4, -0.2) is 29.0 Å². The molecule has 0 bridgehead atoms. The third kappa shape index (κ3) is 2.68. The number of imide groups is 1. The molecule has 3 nitrogen and oxygen atoms in total. The van der Waals surface area contributed by atoms with Crippen molar-refractivity contribution in [1.82, 2.24) is 4.90 Å². The molecule has 1 heterocycles. The first-order chi connectivity index (χ1) is 9.06. The molecule has 19 heavy (non-hydrogen) atoms. The molecule has 2 amide bonds. The zero-order valence-corrected chi connectivity index (χ0v) is 12.1. The van der Waals surface area contributed by atoms with Crippen LogP contribution >= 0.6 is 12.6 Å². The highest BCUT2D eigenvalue weighted by Gasteiger charge is 2.42. The summed E-state index contributed by atoms with van der Waals surface area (Å²) in [5.74, 6) is 0.187. The van der Waals surface area contributed by atoms with E-state index in [0.717, 1.165) is 5.56 Å². The molecule has 1 aromatic rings. The number of likely N-dealkylation sites (tertiary alicyclic amines) is 1. The fraction of sp³-hybridized carbons (Fsp3) is 0.467. The van der Waals surface area contributed by atoms with Gasteiger partial charge in [0.1, 0.15) is 0 Å². The summed E-state index contributed by atoms with van der Waals surface area (Å²) >= 11 is 4.35. The quantitative estimate of drug-likeness (QED) is 0.677. The van der Waals surface area contributed by atoms with Gasteiger partial charge in [-0.15, -0.1) is 0 Å². The van der Waals surface area contributed by atoms with Gasteiger partial charge in [-0.1, -0.05) is 44.2 Å². The molecule has 0 radical (unpaired) electrons. The number of rotatable bonds is 4. The highest BCUT2D eigenvalue weighted by Crippen LogP contribution is 2.28. The van der Waals surface area contributed by atoms with Gasteiger partial charge in [-0.05, 0) is 11.3 Å². The van der Waals surface area contributed by atoms with Gasteiger partial charge in [0.2, 0.25) is 11.8 Å². The van der Waals surface area contributed by atoms with Crippen molar-refractivity contribution in [1.29, 1.82) is 0 Å². The molecule has 3 unspecified atom stereocenters. The van der Waals surface area contributed by atoms with E-state index in [2.05, 4.69) is 12.6 Å². The van der Waals surface area contributed by atoms with Gasteiger partial charge in [-0.3, -0.25) is 14.5 Å². The molecule has 0 N–H and O–H groups in total. The van der Waals surface area contributed by atoms with Crippen LogP contribution in [0.5, 0.6) is 0 Å². The Morgan fingerprint density at radius 1 is 1.11 bits per heavy atom. The summed E-state index contributed by atoms with van der Waals surface area (Å²) in [4.78, 5) is 25.6. The Morgan fingerprint density at radius 2 is 1.63 bits per heavy atom. The molecule has 0 aromatic heterocycles. The van der Waals surface area contributed by atoms with Gasteiger partial charge < -0.3 is 0 Å². The largest absolute Gasteiger partial charge is 0.281 e. The molecular weight excluding hydrogens is 258 g/mol. The van der Waals surface area contributed by atoms with E-state index in [4.69, 9.17) is 0 Å². The van der Waals surface area contributed by atoms with E-state index in [-0.39, 0.29) is 29.6 Å². The number of nitrogens with zero attached hydrogens (tertiary/aromatic N) is 1. The van der Waals surface area contributed by atoms with Crippen LogP contribution in [0.2, 0.25) is 0 Å². The molecule has 3 atom stereocenters. The number of hydrogen-bond acceptors (Lipinski definition) is 3. The molecule has 1 aromatic carbocycles. The summed E-state index contributed by atoms with van der Waals surface area (Å²) in [6, 6.07) is 9.90. The van der Waals surface area contributed by atoms with Gasteiger partial charge in [-0.25, -0.2) is 0 Å². The summed E-state index contributed by atoms with van der Waals surface area (Å²) in [5, 5.41) is 0. The lowest BCUT2D eigenvalue weighted by atomic mass is 10.00. The molecule has 1 saturated heterocycles. The smallest absolute Gasteiger partial charge is 0.232 e. The SMILES string of the molecule is CC1C(=O)N(CC(CS)c2ccccc2)C(=O)C1C. The van der Waals surface area contributed by atoms with Crippen LogP contribution in [0.25, 0.3) is 0 Å². The van der Waals surface area contributed by atoms with Crippen molar-refractivity contribution < 1.29 is 9.59 Å². The van der Waals surface area contributed by atoms with E-state index in [0.29, 0.717) is 12.3 Å². The Hall–Kier alpha value is -1.29. The third-order valence-electron chi connectivity index (χ3n) is 3.96. The Morgan fingerprint density at radius 3 is 2.11 bits per heavy atom. The van der Waals surface area contributed by atoms with Crippen LogP contribution in [0.15, 0.2) is 30.3 Å². The predicted molar refractivity (Wildman–Crippen MR) is 78.1 cm³/mol. The zero-order valence-electron chi connectivity index (χ0n) is 11.2. The summed E-state index contributed by atoms with van der Waals surface area (Å²) in [5.41, 5.74) is 1.12. The maximum Gasteiger partial charge on any atom is 0.232 e. The minimum atomic E-state index is -0.205. The number of carbonyl (C=O) groups excluding carboxylic acids is 2. The van der Waals surface area contributed by atoms with Crippen LogP contribution < -0.4 is 0 Å². The van der Waals surface area contributed by atoms with Crippen molar-refractivity contribution in [3.63, 3.8) is 0 Å². The molecule has 1 fully saturated rings. The molecule has 0 aliphatic carbocycles. The van der Waals surface area contributed by atoms with E-state index in [9.17, 15) is 9.59 Å². The first kappa shape index (κ1) is 14.1. The Labute approximate surface area is 119 Å².